The molecular formula is C11H21ClN4O. The van der Waals surface area contributed by atoms with Crippen LogP contribution in [0.1, 0.15) is 31.5 Å². The van der Waals surface area contributed by atoms with Gasteiger partial charge in [-0.2, -0.15) is 4.98 Å². The maximum absolute atomic E-state index is 5.79. The highest BCUT2D eigenvalue weighted by Gasteiger charge is 2.33. The molecule has 2 rings (SSSR count). The average Bonchev–Trinajstić information content (AvgIpc) is 2.99. The minimum Gasteiger partial charge on any atom is -0.339 e. The molecule has 0 amide bonds. The lowest BCUT2D eigenvalue weighted by Crippen LogP contribution is -2.39. The molecule has 1 heterocycles. The Balaban J connectivity index is 0.00000144. The predicted octanol–water partition coefficient (Wildman–Crippen LogP) is 1.22. The average molecular weight is 261 g/mol. The molecule has 1 saturated carbocycles. The van der Waals surface area contributed by atoms with Crippen LogP contribution in [0.3, 0.4) is 0 Å². The van der Waals surface area contributed by atoms with Crippen LogP contribution in [0.2, 0.25) is 0 Å². The number of halogens is 1. The molecule has 1 unspecified atom stereocenters. The van der Waals surface area contributed by atoms with Crippen molar-refractivity contribution in [3.05, 3.63) is 11.7 Å². The number of nitrogens with zero attached hydrogens (tertiary/aromatic N) is 3. The first-order chi connectivity index (χ1) is 7.74. The predicted molar refractivity (Wildman–Crippen MR) is 68.0 cm³/mol. The summed E-state index contributed by atoms with van der Waals surface area (Å²) in [6.45, 7) is 3.44. The SMILES string of the molecule is CCc1nc(CN(C)C(CN)C2CC2)no1.Cl. The van der Waals surface area contributed by atoms with Crippen LogP contribution in [0.25, 0.3) is 0 Å². The van der Waals surface area contributed by atoms with Crippen molar-refractivity contribution >= 4 is 12.4 Å². The van der Waals surface area contributed by atoms with Gasteiger partial charge in [0.05, 0.1) is 6.54 Å². The van der Waals surface area contributed by atoms with E-state index in [9.17, 15) is 0 Å². The van der Waals surface area contributed by atoms with Crippen LogP contribution in [0.4, 0.5) is 0 Å². The molecule has 0 radical (unpaired) electrons. The standard InChI is InChI=1S/C11H20N4O.ClH/c1-3-11-13-10(14-16-11)7-15(2)9(6-12)8-4-5-8;/h8-9H,3-7,12H2,1-2H3;1H. The first-order valence-electron chi connectivity index (χ1n) is 5.96. The zero-order chi connectivity index (χ0) is 11.5. The zero-order valence-electron chi connectivity index (χ0n) is 10.4. The normalized spacial score (nSPS) is 16.9. The Morgan fingerprint density at radius 1 is 1.53 bits per heavy atom. The lowest BCUT2D eigenvalue weighted by Gasteiger charge is -2.25. The van der Waals surface area contributed by atoms with Crippen molar-refractivity contribution in [1.29, 1.82) is 0 Å². The Morgan fingerprint density at radius 2 is 2.24 bits per heavy atom. The van der Waals surface area contributed by atoms with Crippen molar-refractivity contribution in [2.24, 2.45) is 11.7 Å². The maximum atomic E-state index is 5.79. The van der Waals surface area contributed by atoms with Crippen LogP contribution < -0.4 is 5.73 Å². The van der Waals surface area contributed by atoms with Crippen LogP contribution in [0.15, 0.2) is 4.52 Å². The molecule has 17 heavy (non-hydrogen) atoms. The number of nitrogens with two attached hydrogens (primary N) is 1. The summed E-state index contributed by atoms with van der Waals surface area (Å²) in [5, 5.41) is 3.95. The van der Waals surface area contributed by atoms with Gasteiger partial charge in [0.2, 0.25) is 5.89 Å². The van der Waals surface area contributed by atoms with Crippen molar-refractivity contribution in [3.63, 3.8) is 0 Å². The topological polar surface area (TPSA) is 68.2 Å². The molecule has 1 aliphatic carbocycles. The van der Waals surface area contributed by atoms with Crippen LogP contribution in [0, 0.1) is 5.92 Å². The summed E-state index contributed by atoms with van der Waals surface area (Å²) in [5.41, 5.74) is 5.79. The lowest BCUT2D eigenvalue weighted by atomic mass is 10.1. The van der Waals surface area contributed by atoms with E-state index in [0.717, 1.165) is 24.7 Å². The molecule has 0 saturated heterocycles. The lowest BCUT2D eigenvalue weighted by molar-refractivity contribution is 0.208. The van der Waals surface area contributed by atoms with E-state index in [1.54, 1.807) is 0 Å². The van der Waals surface area contributed by atoms with Crippen LogP contribution in [-0.2, 0) is 13.0 Å². The van der Waals surface area contributed by atoms with Gasteiger partial charge in [0.25, 0.3) is 0 Å². The number of hydrogen-bond acceptors (Lipinski definition) is 5. The molecule has 5 nitrogen and oxygen atoms in total. The summed E-state index contributed by atoms with van der Waals surface area (Å²) >= 11 is 0. The number of aryl methyl sites for hydroxylation is 1. The molecule has 0 aromatic carbocycles. The van der Waals surface area contributed by atoms with Crippen molar-refractivity contribution in [2.75, 3.05) is 13.6 Å². The van der Waals surface area contributed by atoms with Crippen LogP contribution in [-0.4, -0.2) is 34.7 Å². The van der Waals surface area contributed by atoms with Gasteiger partial charge >= 0.3 is 0 Å². The monoisotopic (exact) mass is 260 g/mol. The highest BCUT2D eigenvalue weighted by molar-refractivity contribution is 5.85. The Bertz CT molecular complexity index is 340. The quantitative estimate of drug-likeness (QED) is 0.833. The minimum absolute atomic E-state index is 0. The fourth-order valence-corrected chi connectivity index (χ4v) is 2.05. The summed E-state index contributed by atoms with van der Waals surface area (Å²) < 4.78 is 5.09. The van der Waals surface area contributed by atoms with E-state index in [1.165, 1.54) is 12.8 Å². The molecule has 1 aromatic rings. The van der Waals surface area contributed by atoms with E-state index in [-0.39, 0.29) is 12.4 Å². The van der Waals surface area contributed by atoms with Crippen LogP contribution >= 0.6 is 12.4 Å². The van der Waals surface area contributed by atoms with E-state index in [2.05, 4.69) is 22.1 Å². The molecule has 1 aliphatic rings. The molecule has 1 fully saturated rings. The summed E-state index contributed by atoms with van der Waals surface area (Å²) in [6, 6.07) is 0.462. The largest absolute Gasteiger partial charge is 0.339 e. The molecule has 1 atom stereocenters. The van der Waals surface area contributed by atoms with Crippen LogP contribution in [0.5, 0.6) is 0 Å². The van der Waals surface area contributed by atoms with Crippen molar-refractivity contribution in [2.45, 2.75) is 38.8 Å². The minimum atomic E-state index is 0. The smallest absolute Gasteiger partial charge is 0.226 e. The third-order valence-electron chi connectivity index (χ3n) is 3.18. The fraction of sp³-hybridized carbons (Fsp3) is 0.818. The van der Waals surface area contributed by atoms with Crippen molar-refractivity contribution in [3.8, 4) is 0 Å². The second-order valence-corrected chi connectivity index (χ2v) is 4.51. The maximum Gasteiger partial charge on any atom is 0.226 e. The molecule has 6 heteroatoms. The third-order valence-corrected chi connectivity index (χ3v) is 3.18. The Morgan fingerprint density at radius 3 is 2.71 bits per heavy atom. The number of aromatic nitrogens is 2. The summed E-state index contributed by atoms with van der Waals surface area (Å²) in [6.07, 6.45) is 3.40. The Labute approximate surface area is 108 Å². The number of hydrogen-bond donors (Lipinski definition) is 1. The summed E-state index contributed by atoms with van der Waals surface area (Å²) in [4.78, 5) is 6.54. The van der Waals surface area contributed by atoms with E-state index < -0.39 is 0 Å². The Hall–Kier alpha value is -0.650. The second kappa shape index (κ2) is 6.33. The number of likely N-dealkylation sites (N-methyl/N-ethyl adjacent to an activating group) is 1. The van der Waals surface area contributed by atoms with E-state index >= 15 is 0 Å². The fourth-order valence-electron chi connectivity index (χ4n) is 2.05. The Kier molecular flexibility index (Phi) is 5.36. The van der Waals surface area contributed by atoms with Gasteiger partial charge in [-0.05, 0) is 25.8 Å². The summed E-state index contributed by atoms with van der Waals surface area (Å²) in [5.74, 6) is 2.24. The van der Waals surface area contributed by atoms with Gasteiger partial charge in [0, 0.05) is 19.0 Å². The molecule has 2 N–H and O–H groups in total. The van der Waals surface area contributed by atoms with E-state index in [0.29, 0.717) is 18.5 Å². The molecule has 0 spiro atoms. The molecule has 1 aromatic heterocycles. The molecule has 0 aliphatic heterocycles. The molecule has 0 bridgehead atoms. The molecule has 98 valence electrons. The third kappa shape index (κ3) is 3.66. The highest BCUT2D eigenvalue weighted by Crippen LogP contribution is 2.34. The van der Waals surface area contributed by atoms with Gasteiger partial charge in [0.15, 0.2) is 5.82 Å². The van der Waals surface area contributed by atoms with Crippen molar-refractivity contribution in [1.82, 2.24) is 15.0 Å². The van der Waals surface area contributed by atoms with Gasteiger partial charge in [-0.3, -0.25) is 4.90 Å². The van der Waals surface area contributed by atoms with Gasteiger partial charge in [-0.15, -0.1) is 12.4 Å². The van der Waals surface area contributed by atoms with E-state index in [4.69, 9.17) is 10.3 Å². The van der Waals surface area contributed by atoms with Gasteiger partial charge in [0.1, 0.15) is 0 Å². The van der Waals surface area contributed by atoms with Gasteiger partial charge in [-0.1, -0.05) is 12.1 Å². The second-order valence-electron chi connectivity index (χ2n) is 4.51. The van der Waals surface area contributed by atoms with Crippen molar-refractivity contribution < 1.29 is 4.52 Å². The van der Waals surface area contributed by atoms with E-state index in [1.807, 2.05) is 6.92 Å². The van der Waals surface area contributed by atoms with Gasteiger partial charge < -0.3 is 10.3 Å². The first-order valence-corrected chi connectivity index (χ1v) is 5.96. The molecular weight excluding hydrogens is 240 g/mol. The highest BCUT2D eigenvalue weighted by atomic mass is 35.5. The summed E-state index contributed by atoms with van der Waals surface area (Å²) in [7, 11) is 2.08. The first kappa shape index (κ1) is 14.4. The van der Waals surface area contributed by atoms with Gasteiger partial charge in [-0.25, -0.2) is 0 Å². The zero-order valence-corrected chi connectivity index (χ0v) is 11.2. The number of rotatable bonds is 6.